The normalized spacial score (nSPS) is 23.3. The summed E-state index contributed by atoms with van der Waals surface area (Å²) < 4.78 is 5.39. The minimum atomic E-state index is 0.0842. The van der Waals surface area contributed by atoms with Crippen molar-refractivity contribution in [2.45, 2.75) is 12.5 Å². The summed E-state index contributed by atoms with van der Waals surface area (Å²) >= 11 is 0. The van der Waals surface area contributed by atoms with Crippen molar-refractivity contribution < 1.29 is 9.53 Å². The molecule has 3 rings (SSSR count). The van der Waals surface area contributed by atoms with Gasteiger partial charge in [-0.15, -0.1) is 0 Å². The summed E-state index contributed by atoms with van der Waals surface area (Å²) in [6.07, 6.45) is 2.70. The molecule has 0 aliphatic carbocycles. The van der Waals surface area contributed by atoms with Crippen molar-refractivity contribution in [3.63, 3.8) is 0 Å². The van der Waals surface area contributed by atoms with Gasteiger partial charge in [-0.05, 0) is 18.6 Å². The minimum Gasteiger partial charge on any atom is -0.379 e. The van der Waals surface area contributed by atoms with E-state index in [1.807, 2.05) is 24.1 Å². The zero-order valence-electron chi connectivity index (χ0n) is 12.4. The van der Waals surface area contributed by atoms with E-state index in [4.69, 9.17) is 4.74 Å². The molecular formula is C15H22N4O2. The molecule has 2 aliphatic heterocycles. The Morgan fingerprint density at radius 1 is 1.33 bits per heavy atom. The second-order valence-corrected chi connectivity index (χ2v) is 5.52. The van der Waals surface area contributed by atoms with Crippen LogP contribution in [0.2, 0.25) is 0 Å². The molecule has 1 aromatic rings. The molecule has 0 spiro atoms. The molecule has 1 aromatic heterocycles. The van der Waals surface area contributed by atoms with E-state index in [1.54, 1.807) is 6.20 Å². The second kappa shape index (κ2) is 6.41. The first kappa shape index (κ1) is 14.3. The zero-order chi connectivity index (χ0) is 14.7. The van der Waals surface area contributed by atoms with Crippen LogP contribution in [0.4, 0.5) is 5.82 Å². The van der Waals surface area contributed by atoms with Gasteiger partial charge in [0.15, 0.2) is 0 Å². The third kappa shape index (κ3) is 3.16. The van der Waals surface area contributed by atoms with Gasteiger partial charge in [0.05, 0.1) is 18.8 Å². The van der Waals surface area contributed by atoms with Crippen LogP contribution in [-0.2, 0) is 4.74 Å². The lowest BCUT2D eigenvalue weighted by Gasteiger charge is -2.32. The van der Waals surface area contributed by atoms with E-state index in [0.29, 0.717) is 11.6 Å². The molecule has 6 heteroatoms. The number of pyridine rings is 1. The number of aromatic nitrogens is 1. The highest BCUT2D eigenvalue weighted by molar-refractivity contribution is 5.94. The van der Waals surface area contributed by atoms with Gasteiger partial charge in [-0.25, -0.2) is 4.98 Å². The number of carbonyl (C=O) groups is 1. The molecule has 1 amide bonds. The third-order valence-electron chi connectivity index (χ3n) is 4.28. The summed E-state index contributed by atoms with van der Waals surface area (Å²) in [5, 5.41) is 2.96. The molecule has 114 valence electrons. The van der Waals surface area contributed by atoms with Crippen molar-refractivity contribution in [3.05, 3.63) is 23.9 Å². The van der Waals surface area contributed by atoms with Crippen LogP contribution in [0.3, 0.4) is 0 Å². The molecule has 1 unspecified atom stereocenters. The number of nitrogens with zero attached hydrogens (tertiary/aromatic N) is 3. The first-order valence-electron chi connectivity index (χ1n) is 7.53. The number of rotatable bonds is 3. The lowest BCUT2D eigenvalue weighted by molar-refractivity contribution is 0.0185. The SMILES string of the molecule is CNc1ccc(C(=O)N2CCC(N3CCOCC3)C2)cn1. The smallest absolute Gasteiger partial charge is 0.255 e. The average Bonchev–Trinajstić information content (AvgIpc) is 3.05. The first-order valence-corrected chi connectivity index (χ1v) is 7.53. The molecule has 6 nitrogen and oxygen atoms in total. The van der Waals surface area contributed by atoms with Crippen LogP contribution in [0.15, 0.2) is 18.3 Å². The number of nitrogens with one attached hydrogen (secondary N) is 1. The van der Waals surface area contributed by atoms with Gasteiger partial charge in [-0.3, -0.25) is 9.69 Å². The predicted molar refractivity (Wildman–Crippen MR) is 80.5 cm³/mol. The molecule has 0 saturated carbocycles. The van der Waals surface area contributed by atoms with Crippen molar-refractivity contribution in [1.82, 2.24) is 14.8 Å². The van der Waals surface area contributed by atoms with E-state index in [9.17, 15) is 4.79 Å². The van der Waals surface area contributed by atoms with Crippen molar-refractivity contribution in [1.29, 1.82) is 0 Å². The van der Waals surface area contributed by atoms with Crippen LogP contribution in [0, 0.1) is 0 Å². The summed E-state index contributed by atoms with van der Waals surface area (Å²) in [6, 6.07) is 4.15. The molecule has 0 bridgehead atoms. The minimum absolute atomic E-state index is 0.0842. The highest BCUT2D eigenvalue weighted by atomic mass is 16.5. The zero-order valence-corrected chi connectivity index (χ0v) is 12.4. The fourth-order valence-corrected chi connectivity index (χ4v) is 3.02. The number of hydrogen-bond acceptors (Lipinski definition) is 5. The summed E-state index contributed by atoms with van der Waals surface area (Å²) in [5.41, 5.74) is 0.664. The van der Waals surface area contributed by atoms with Gasteiger partial charge in [-0.2, -0.15) is 0 Å². The van der Waals surface area contributed by atoms with Gasteiger partial charge in [0.25, 0.3) is 5.91 Å². The monoisotopic (exact) mass is 290 g/mol. The van der Waals surface area contributed by atoms with Crippen molar-refractivity contribution in [2.24, 2.45) is 0 Å². The van der Waals surface area contributed by atoms with Crippen molar-refractivity contribution >= 4 is 11.7 Å². The Balaban J connectivity index is 1.60. The fourth-order valence-electron chi connectivity index (χ4n) is 3.02. The van der Waals surface area contributed by atoms with Crippen LogP contribution in [0.25, 0.3) is 0 Å². The van der Waals surface area contributed by atoms with Gasteiger partial charge >= 0.3 is 0 Å². The van der Waals surface area contributed by atoms with Crippen LogP contribution < -0.4 is 5.32 Å². The maximum atomic E-state index is 12.5. The van der Waals surface area contributed by atoms with E-state index in [-0.39, 0.29) is 5.91 Å². The Morgan fingerprint density at radius 2 is 2.14 bits per heavy atom. The van der Waals surface area contributed by atoms with E-state index in [0.717, 1.165) is 51.6 Å². The van der Waals surface area contributed by atoms with Crippen LogP contribution in [-0.4, -0.2) is 73.2 Å². The topological polar surface area (TPSA) is 57.7 Å². The lowest BCUT2D eigenvalue weighted by Crippen LogP contribution is -2.45. The van der Waals surface area contributed by atoms with Gasteiger partial charge in [0, 0.05) is 45.5 Å². The van der Waals surface area contributed by atoms with Crippen molar-refractivity contribution in [2.75, 3.05) is 51.8 Å². The number of ether oxygens (including phenoxy) is 1. The van der Waals surface area contributed by atoms with Gasteiger partial charge < -0.3 is 15.0 Å². The number of morpholine rings is 1. The molecule has 0 radical (unpaired) electrons. The highest BCUT2D eigenvalue weighted by Crippen LogP contribution is 2.19. The fraction of sp³-hybridized carbons (Fsp3) is 0.600. The van der Waals surface area contributed by atoms with E-state index < -0.39 is 0 Å². The number of hydrogen-bond donors (Lipinski definition) is 1. The maximum absolute atomic E-state index is 12.5. The summed E-state index contributed by atoms with van der Waals surface area (Å²) in [6.45, 7) is 5.21. The first-order chi connectivity index (χ1) is 10.3. The number of amides is 1. The van der Waals surface area contributed by atoms with E-state index >= 15 is 0 Å². The Hall–Kier alpha value is -1.66. The number of anilines is 1. The molecule has 2 saturated heterocycles. The summed E-state index contributed by atoms with van der Waals surface area (Å²) in [5.74, 6) is 0.861. The van der Waals surface area contributed by atoms with E-state index in [1.165, 1.54) is 0 Å². The largest absolute Gasteiger partial charge is 0.379 e. The van der Waals surface area contributed by atoms with Gasteiger partial charge in [-0.1, -0.05) is 0 Å². The molecule has 3 heterocycles. The average molecular weight is 290 g/mol. The van der Waals surface area contributed by atoms with Gasteiger partial charge in [0.2, 0.25) is 0 Å². The lowest BCUT2D eigenvalue weighted by atomic mass is 10.2. The summed E-state index contributed by atoms with van der Waals surface area (Å²) in [4.78, 5) is 21.1. The summed E-state index contributed by atoms with van der Waals surface area (Å²) in [7, 11) is 1.82. The third-order valence-corrected chi connectivity index (χ3v) is 4.28. The molecule has 2 aliphatic rings. The number of carbonyl (C=O) groups excluding carboxylic acids is 1. The Bertz CT molecular complexity index is 485. The second-order valence-electron chi connectivity index (χ2n) is 5.52. The van der Waals surface area contributed by atoms with Gasteiger partial charge in [0.1, 0.15) is 5.82 Å². The highest BCUT2D eigenvalue weighted by Gasteiger charge is 2.31. The maximum Gasteiger partial charge on any atom is 0.255 e. The Kier molecular flexibility index (Phi) is 4.36. The standard InChI is InChI=1S/C15H22N4O2/c1-16-14-3-2-12(10-17-14)15(20)19-5-4-13(11-19)18-6-8-21-9-7-18/h2-3,10,13H,4-9,11H2,1H3,(H,16,17). The van der Waals surface area contributed by atoms with Crippen LogP contribution in [0.5, 0.6) is 0 Å². The molecule has 1 N–H and O–H groups in total. The molecule has 1 atom stereocenters. The molecular weight excluding hydrogens is 268 g/mol. The molecule has 0 aromatic carbocycles. The van der Waals surface area contributed by atoms with Crippen molar-refractivity contribution in [3.8, 4) is 0 Å². The van der Waals surface area contributed by atoms with Crippen LogP contribution in [0.1, 0.15) is 16.8 Å². The molecule has 21 heavy (non-hydrogen) atoms. The Morgan fingerprint density at radius 3 is 2.81 bits per heavy atom. The Labute approximate surface area is 125 Å². The quantitative estimate of drug-likeness (QED) is 0.887. The molecule has 2 fully saturated rings. The van der Waals surface area contributed by atoms with E-state index in [2.05, 4.69) is 15.2 Å². The number of likely N-dealkylation sites (tertiary alicyclic amines) is 1. The predicted octanol–water partition coefficient (Wildman–Crippen LogP) is 0.670. The van der Waals surface area contributed by atoms with Crippen LogP contribution >= 0.6 is 0 Å².